The summed E-state index contributed by atoms with van der Waals surface area (Å²) in [6, 6.07) is 0. The highest BCUT2D eigenvalue weighted by Crippen LogP contribution is 2.04. The third-order valence-electron chi connectivity index (χ3n) is 0.878. The third-order valence-corrected chi connectivity index (χ3v) is 1.70. The molecule has 1 atom stereocenters. The molecule has 0 saturated carbocycles. The fourth-order valence-electron chi connectivity index (χ4n) is 0.169. The maximum absolute atomic E-state index is 10.6. The lowest BCUT2D eigenvalue weighted by atomic mass is 10.1. The minimum absolute atomic E-state index is 0.242. The molecule has 2 N–H and O–H groups in total. The Kier molecular flexibility index (Phi) is 3.38. The molecule has 0 heterocycles. The molecule has 0 aliphatic rings. The van der Waals surface area contributed by atoms with Crippen LogP contribution in [0.2, 0.25) is 0 Å². The van der Waals surface area contributed by atoms with Crippen molar-refractivity contribution in [3.05, 3.63) is 0 Å². The SMILES string of the molecule is CC(N)(CS)C(=O)OS. The zero-order valence-electron chi connectivity index (χ0n) is 5.00. The van der Waals surface area contributed by atoms with Crippen molar-refractivity contribution in [1.82, 2.24) is 0 Å². The van der Waals surface area contributed by atoms with Crippen molar-refractivity contribution in [2.24, 2.45) is 5.73 Å². The molecule has 1 unspecified atom stereocenters. The van der Waals surface area contributed by atoms with Crippen molar-refractivity contribution in [2.45, 2.75) is 12.5 Å². The molecule has 0 spiro atoms. The minimum Gasteiger partial charge on any atom is -0.393 e. The van der Waals surface area contributed by atoms with Gasteiger partial charge >= 0.3 is 5.97 Å². The van der Waals surface area contributed by atoms with Gasteiger partial charge in [0, 0.05) is 18.7 Å². The van der Waals surface area contributed by atoms with Crippen molar-refractivity contribution in [3.63, 3.8) is 0 Å². The highest BCUT2D eigenvalue weighted by Gasteiger charge is 2.27. The molecule has 0 bridgehead atoms. The first-order valence-corrected chi connectivity index (χ1v) is 3.30. The lowest BCUT2D eigenvalue weighted by molar-refractivity contribution is -0.137. The predicted molar refractivity (Wildman–Crippen MR) is 41.5 cm³/mol. The van der Waals surface area contributed by atoms with E-state index < -0.39 is 11.5 Å². The van der Waals surface area contributed by atoms with Crippen molar-refractivity contribution in [2.75, 3.05) is 5.75 Å². The van der Waals surface area contributed by atoms with Gasteiger partial charge in [0.25, 0.3) is 0 Å². The second-order valence-electron chi connectivity index (χ2n) is 1.95. The Hall–Kier alpha value is 0.130. The molecule has 0 aromatic heterocycles. The van der Waals surface area contributed by atoms with E-state index in [0.717, 1.165) is 0 Å². The average Bonchev–Trinajstić information content (AvgIpc) is 1.86. The maximum atomic E-state index is 10.6. The summed E-state index contributed by atoms with van der Waals surface area (Å²) in [6.07, 6.45) is 0. The molecule has 0 rings (SSSR count). The standard InChI is InChI=1S/C4H9NO2S2/c1-4(5,2-8)3(6)7-9/h8-9H,2,5H2,1H3. The summed E-state index contributed by atoms with van der Waals surface area (Å²) in [6.45, 7) is 1.53. The number of thiol groups is 2. The van der Waals surface area contributed by atoms with Crippen molar-refractivity contribution in [1.29, 1.82) is 0 Å². The highest BCUT2D eigenvalue weighted by atomic mass is 32.1. The Morgan fingerprint density at radius 1 is 1.89 bits per heavy atom. The first-order valence-electron chi connectivity index (χ1n) is 2.30. The van der Waals surface area contributed by atoms with E-state index in [0.29, 0.717) is 0 Å². The van der Waals surface area contributed by atoms with Crippen LogP contribution in [0.15, 0.2) is 0 Å². The number of rotatable bonds is 2. The number of carbonyl (C=O) groups excluding carboxylic acids is 1. The topological polar surface area (TPSA) is 52.3 Å². The van der Waals surface area contributed by atoms with Gasteiger partial charge in [0.15, 0.2) is 0 Å². The smallest absolute Gasteiger partial charge is 0.338 e. The van der Waals surface area contributed by atoms with Crippen LogP contribution < -0.4 is 5.73 Å². The highest BCUT2D eigenvalue weighted by molar-refractivity contribution is 7.80. The fraction of sp³-hybridized carbons (Fsp3) is 0.750. The summed E-state index contributed by atoms with van der Waals surface area (Å²) in [5.41, 5.74) is 4.35. The van der Waals surface area contributed by atoms with Gasteiger partial charge in [-0.15, -0.1) is 0 Å². The third kappa shape index (κ3) is 2.47. The van der Waals surface area contributed by atoms with Gasteiger partial charge in [-0.3, -0.25) is 0 Å². The molecule has 0 fully saturated rings. The first-order chi connectivity index (χ1) is 4.04. The van der Waals surface area contributed by atoms with Crippen LogP contribution in [-0.2, 0) is 8.98 Å². The van der Waals surface area contributed by atoms with Crippen LogP contribution in [0.3, 0.4) is 0 Å². The van der Waals surface area contributed by atoms with E-state index in [4.69, 9.17) is 5.73 Å². The van der Waals surface area contributed by atoms with Gasteiger partial charge in [0.05, 0.1) is 0 Å². The maximum Gasteiger partial charge on any atom is 0.338 e. The first kappa shape index (κ1) is 9.13. The van der Waals surface area contributed by atoms with Crippen molar-refractivity contribution in [3.8, 4) is 0 Å². The molecule has 9 heavy (non-hydrogen) atoms. The molecule has 0 radical (unpaired) electrons. The van der Waals surface area contributed by atoms with Gasteiger partial charge in [0.1, 0.15) is 5.54 Å². The Morgan fingerprint density at radius 3 is 2.44 bits per heavy atom. The molecule has 3 nitrogen and oxygen atoms in total. The summed E-state index contributed by atoms with van der Waals surface area (Å²) in [7, 11) is 0. The molecule has 54 valence electrons. The average molecular weight is 167 g/mol. The van der Waals surface area contributed by atoms with E-state index in [1.54, 1.807) is 0 Å². The van der Waals surface area contributed by atoms with Gasteiger partial charge < -0.3 is 9.92 Å². The second-order valence-corrected chi connectivity index (χ2v) is 2.45. The second kappa shape index (κ2) is 3.34. The number of carbonyl (C=O) groups is 1. The molecule has 0 amide bonds. The van der Waals surface area contributed by atoms with E-state index in [9.17, 15) is 4.79 Å². The predicted octanol–water partition coefficient (Wildman–Crippen LogP) is 0.0216. The molecule has 0 aromatic carbocycles. The fourth-order valence-corrected chi connectivity index (χ4v) is 0.506. The van der Waals surface area contributed by atoms with Gasteiger partial charge in [0.2, 0.25) is 0 Å². The number of hydrogen-bond acceptors (Lipinski definition) is 5. The summed E-state index contributed by atoms with van der Waals surface area (Å²) in [5.74, 6) is -0.326. The zero-order chi connectivity index (χ0) is 7.49. The summed E-state index contributed by atoms with van der Waals surface area (Å²) in [4.78, 5) is 10.6. The zero-order valence-corrected chi connectivity index (χ0v) is 6.78. The Bertz CT molecular complexity index is 115. The molecular weight excluding hydrogens is 158 g/mol. The quantitative estimate of drug-likeness (QED) is 0.401. The normalized spacial score (nSPS) is 16.4. The summed E-state index contributed by atoms with van der Waals surface area (Å²) < 4.78 is 4.09. The Balaban J connectivity index is 3.97. The molecule has 0 saturated heterocycles. The Morgan fingerprint density at radius 2 is 2.33 bits per heavy atom. The summed E-state index contributed by atoms with van der Waals surface area (Å²) in [5, 5.41) is 0. The van der Waals surface area contributed by atoms with Crippen LogP contribution in [0.1, 0.15) is 6.92 Å². The van der Waals surface area contributed by atoms with E-state index in [-0.39, 0.29) is 5.75 Å². The molecule has 0 aromatic rings. The van der Waals surface area contributed by atoms with Crippen molar-refractivity contribution >= 4 is 31.5 Å². The van der Waals surface area contributed by atoms with Crippen molar-refractivity contribution < 1.29 is 8.98 Å². The molecular formula is C4H9NO2S2. The van der Waals surface area contributed by atoms with E-state index >= 15 is 0 Å². The largest absolute Gasteiger partial charge is 0.393 e. The monoisotopic (exact) mass is 167 g/mol. The van der Waals surface area contributed by atoms with Crippen LogP contribution in [0.25, 0.3) is 0 Å². The van der Waals surface area contributed by atoms with Crippen LogP contribution in [0.4, 0.5) is 0 Å². The van der Waals surface area contributed by atoms with E-state index in [2.05, 4.69) is 29.7 Å². The van der Waals surface area contributed by atoms with Crippen LogP contribution in [0, 0.1) is 0 Å². The lowest BCUT2D eigenvalue weighted by Gasteiger charge is -2.16. The Labute approximate surface area is 65.0 Å². The van der Waals surface area contributed by atoms with Crippen LogP contribution in [-0.4, -0.2) is 17.3 Å². The molecule has 0 aliphatic heterocycles. The van der Waals surface area contributed by atoms with E-state index in [1.807, 2.05) is 0 Å². The minimum atomic E-state index is -1.02. The number of hydrogen-bond donors (Lipinski definition) is 3. The van der Waals surface area contributed by atoms with Crippen LogP contribution >= 0.6 is 25.5 Å². The van der Waals surface area contributed by atoms with Crippen LogP contribution in [0.5, 0.6) is 0 Å². The molecule has 5 heteroatoms. The van der Waals surface area contributed by atoms with Gasteiger partial charge in [-0.1, -0.05) is 0 Å². The van der Waals surface area contributed by atoms with E-state index in [1.165, 1.54) is 6.92 Å². The lowest BCUT2D eigenvalue weighted by Crippen LogP contribution is -2.46. The van der Waals surface area contributed by atoms with Gasteiger partial charge in [-0.05, 0) is 6.92 Å². The summed E-state index contributed by atoms with van der Waals surface area (Å²) >= 11 is 7.13. The van der Waals surface area contributed by atoms with Gasteiger partial charge in [-0.2, -0.15) is 12.6 Å². The molecule has 0 aliphatic carbocycles. The van der Waals surface area contributed by atoms with Gasteiger partial charge in [-0.25, -0.2) is 4.79 Å². The number of nitrogens with two attached hydrogens (primary N) is 1.